The van der Waals surface area contributed by atoms with Crippen LogP contribution >= 0.6 is 34.0 Å². The van der Waals surface area contributed by atoms with Crippen LogP contribution < -0.4 is 0 Å². The third kappa shape index (κ3) is 9.25. The highest BCUT2D eigenvalue weighted by Crippen LogP contribution is 2.45. The lowest BCUT2D eigenvalue weighted by atomic mass is 9.97. The number of fused-ring (bicyclic) bond motifs is 19. The Morgan fingerprint density at radius 1 is 0.179 bits per heavy atom. The van der Waals surface area contributed by atoms with Gasteiger partial charge in [0.15, 0.2) is 0 Å². The van der Waals surface area contributed by atoms with Crippen LogP contribution in [-0.2, 0) is 0 Å². The third-order valence-corrected chi connectivity index (χ3v) is 25.5. The molecule has 0 radical (unpaired) electrons. The summed E-state index contributed by atoms with van der Waals surface area (Å²) in [5.74, 6) is 0.613. The number of hydrogen-bond acceptors (Lipinski definition) is 5. The van der Waals surface area contributed by atoms with Crippen LogP contribution in [0, 0.1) is 0 Å². The van der Waals surface area contributed by atoms with E-state index >= 15 is 0 Å². The molecule has 0 fully saturated rings. The highest BCUT2D eigenvalue weighted by molar-refractivity contribution is 7.26. The van der Waals surface area contributed by atoms with Crippen LogP contribution in [0.3, 0.4) is 0 Å². The first-order chi connectivity index (χ1) is 52.5. The Labute approximate surface area is 619 Å². The van der Waals surface area contributed by atoms with Crippen LogP contribution in [0.2, 0.25) is 0 Å². The molecule has 0 saturated heterocycles. The lowest BCUT2D eigenvalue weighted by Gasteiger charge is -2.15. The lowest BCUT2D eigenvalue weighted by Crippen LogP contribution is -2.04. The SMILES string of the molecule is c1cc(-c2ccc(-c3cccc(-n4c5ccccc5c5cc(-c6ccc7sc8ccccc8c7c6)ccc54)c3)cc2)cc(-c2nc(-n3c4ccccc4c4cc(-c5ccc6sc7ccccc7c6c5)ccc43)nc3ccc(-n4c5ccccc5c5cc(-c6ccc7sc8ccccc8c7c6)ccc54)cc23)c1. The highest BCUT2D eigenvalue weighted by Gasteiger charge is 2.23. The molecule has 0 saturated carbocycles. The molecule has 23 rings (SSSR count). The van der Waals surface area contributed by atoms with Crippen LogP contribution in [0.1, 0.15) is 0 Å². The molecule has 0 aliphatic rings. The van der Waals surface area contributed by atoms with E-state index < -0.39 is 0 Å². The number of rotatable bonds is 9. The molecular formula is C98H57N5S3. The van der Waals surface area contributed by atoms with Gasteiger partial charge in [-0.3, -0.25) is 4.57 Å². The second-order valence-electron chi connectivity index (χ2n) is 28.0. The topological polar surface area (TPSA) is 40.6 Å². The summed E-state index contributed by atoms with van der Waals surface area (Å²) in [5, 5.41) is 15.9. The minimum Gasteiger partial charge on any atom is -0.309 e. The minimum absolute atomic E-state index is 0.613. The van der Waals surface area contributed by atoms with Gasteiger partial charge in [-0.25, -0.2) is 9.97 Å². The van der Waals surface area contributed by atoms with Crippen LogP contribution in [0.4, 0.5) is 0 Å². The number of aromatic nitrogens is 5. The average Bonchev–Trinajstić information content (AvgIpc) is 1.56. The van der Waals surface area contributed by atoms with Gasteiger partial charge in [0.1, 0.15) is 0 Å². The predicted octanol–water partition coefficient (Wildman–Crippen LogP) is 28.0. The first-order valence-electron chi connectivity index (χ1n) is 36.0. The molecule has 106 heavy (non-hydrogen) atoms. The normalized spacial score (nSPS) is 12.2. The van der Waals surface area contributed by atoms with Crippen LogP contribution in [0.25, 0.3) is 221 Å². The third-order valence-electron chi connectivity index (χ3n) is 22.1. The van der Waals surface area contributed by atoms with Crippen LogP contribution in [0.15, 0.2) is 346 Å². The molecule has 0 aliphatic heterocycles. The molecule has 0 unspecified atom stereocenters. The molecule has 8 heteroatoms. The number of para-hydroxylation sites is 3. The minimum atomic E-state index is 0.613. The van der Waals surface area contributed by atoms with Crippen molar-refractivity contribution in [2.75, 3.05) is 0 Å². The summed E-state index contributed by atoms with van der Waals surface area (Å²) in [6, 6.07) is 128. The Kier molecular flexibility index (Phi) is 13.0. The quantitative estimate of drug-likeness (QED) is 0.144. The van der Waals surface area contributed by atoms with Crippen molar-refractivity contribution < 1.29 is 0 Å². The number of thiophene rings is 3. The molecule has 0 amide bonds. The Balaban J connectivity index is 0.640. The van der Waals surface area contributed by atoms with Crippen molar-refractivity contribution in [3.05, 3.63) is 346 Å². The Bertz CT molecular complexity index is 7660. The van der Waals surface area contributed by atoms with Crippen molar-refractivity contribution in [1.29, 1.82) is 0 Å². The first kappa shape index (κ1) is 59.4. The number of nitrogens with zero attached hydrogens (tertiary/aromatic N) is 5. The summed E-state index contributed by atoms with van der Waals surface area (Å²) in [7, 11) is 0. The van der Waals surface area contributed by atoms with E-state index in [1.165, 1.54) is 126 Å². The van der Waals surface area contributed by atoms with E-state index in [1.807, 2.05) is 34.0 Å². The summed E-state index contributed by atoms with van der Waals surface area (Å²) < 4.78 is 15.0. The monoisotopic (exact) mass is 1400 g/mol. The molecule has 0 bridgehead atoms. The molecule has 23 aromatic rings. The fourth-order valence-corrected chi connectivity index (χ4v) is 20.3. The molecule has 5 nitrogen and oxygen atoms in total. The van der Waals surface area contributed by atoms with Gasteiger partial charge in [-0.2, -0.15) is 0 Å². The molecule has 492 valence electrons. The first-order valence-corrected chi connectivity index (χ1v) is 38.4. The summed E-state index contributed by atoms with van der Waals surface area (Å²) in [5.41, 5.74) is 23.3. The smallest absolute Gasteiger partial charge is 0.235 e. The zero-order valence-electron chi connectivity index (χ0n) is 56.9. The van der Waals surface area contributed by atoms with Crippen molar-refractivity contribution in [3.8, 4) is 84.2 Å². The van der Waals surface area contributed by atoms with Crippen molar-refractivity contribution >= 4 is 171 Å². The fourth-order valence-electron chi connectivity index (χ4n) is 17.0. The van der Waals surface area contributed by atoms with E-state index in [-0.39, 0.29) is 0 Å². The van der Waals surface area contributed by atoms with Gasteiger partial charge < -0.3 is 9.13 Å². The number of hydrogen-bond donors (Lipinski definition) is 0. The summed E-state index contributed by atoms with van der Waals surface area (Å²) in [6.45, 7) is 0. The lowest BCUT2D eigenvalue weighted by molar-refractivity contribution is 1.01. The van der Waals surface area contributed by atoms with Gasteiger partial charge in [0.25, 0.3) is 0 Å². The van der Waals surface area contributed by atoms with Gasteiger partial charge in [-0.15, -0.1) is 34.0 Å². The Morgan fingerprint density at radius 2 is 0.509 bits per heavy atom. The maximum atomic E-state index is 5.81. The van der Waals surface area contributed by atoms with Gasteiger partial charge in [0.2, 0.25) is 5.95 Å². The molecular weight excluding hydrogens is 1340 g/mol. The van der Waals surface area contributed by atoms with E-state index in [2.05, 4.69) is 359 Å². The van der Waals surface area contributed by atoms with E-state index in [0.717, 1.165) is 88.6 Å². The second-order valence-corrected chi connectivity index (χ2v) is 31.2. The van der Waals surface area contributed by atoms with E-state index in [1.54, 1.807) is 0 Å². The molecule has 0 N–H and O–H groups in total. The van der Waals surface area contributed by atoms with Gasteiger partial charge in [0, 0.05) is 115 Å². The zero-order valence-corrected chi connectivity index (χ0v) is 59.3. The Morgan fingerprint density at radius 3 is 0.981 bits per heavy atom. The van der Waals surface area contributed by atoms with Crippen LogP contribution in [0.5, 0.6) is 0 Å². The summed E-state index contributed by atoms with van der Waals surface area (Å²) in [6.07, 6.45) is 0. The van der Waals surface area contributed by atoms with E-state index in [0.29, 0.717) is 5.95 Å². The van der Waals surface area contributed by atoms with Gasteiger partial charge >= 0.3 is 0 Å². The molecule has 7 heterocycles. The summed E-state index contributed by atoms with van der Waals surface area (Å²) >= 11 is 5.57. The molecule has 0 atom stereocenters. The molecule has 0 aliphatic carbocycles. The van der Waals surface area contributed by atoms with Crippen molar-refractivity contribution in [1.82, 2.24) is 23.7 Å². The standard InChI is InChI=1S/C98H57N5S3/c1-7-25-85-71(19-1)77-51-62(65-38-46-94-80(54-65)74-22-4-10-28-91(74)104-94)35-43-88(77)101(85)69-18-14-16-61(50-69)59-33-31-58(32-34-59)60-15-13-17-68(49-60)97-83-57-70(102-86-26-8-2-20-72(86)78-52-63(36-44-89(78)102)66-39-47-95-81(55-66)75-23-5-11-29-92(75)105-95)41-42-84(83)99-98(100-97)103-87-27-9-3-21-73(87)79-53-64(37-45-90(79)103)67-40-48-96-82(56-67)76-24-6-12-30-93(76)106-96/h1-57H. The predicted molar refractivity (Wildman–Crippen MR) is 454 cm³/mol. The van der Waals surface area contributed by atoms with Crippen molar-refractivity contribution in [2.45, 2.75) is 0 Å². The van der Waals surface area contributed by atoms with Crippen LogP contribution in [-0.4, -0.2) is 23.7 Å². The fraction of sp³-hybridized carbons (Fsp3) is 0. The maximum absolute atomic E-state index is 5.81. The van der Waals surface area contributed by atoms with Gasteiger partial charge in [0.05, 0.1) is 44.3 Å². The highest BCUT2D eigenvalue weighted by atomic mass is 32.1. The second kappa shape index (κ2) is 23.2. The zero-order chi connectivity index (χ0) is 69.2. The molecule has 7 aromatic heterocycles. The molecule has 16 aromatic carbocycles. The van der Waals surface area contributed by atoms with Crippen molar-refractivity contribution in [2.24, 2.45) is 0 Å². The van der Waals surface area contributed by atoms with Gasteiger partial charge in [-0.1, -0.05) is 200 Å². The largest absolute Gasteiger partial charge is 0.309 e. The average molecular weight is 1400 g/mol. The van der Waals surface area contributed by atoms with Crippen molar-refractivity contribution in [3.63, 3.8) is 0 Å². The maximum Gasteiger partial charge on any atom is 0.235 e. The van der Waals surface area contributed by atoms with E-state index in [4.69, 9.17) is 9.97 Å². The molecule has 0 spiro atoms. The number of benzene rings is 16. The van der Waals surface area contributed by atoms with E-state index in [9.17, 15) is 0 Å². The van der Waals surface area contributed by atoms with Gasteiger partial charge in [-0.05, 0) is 201 Å². The Hall–Kier alpha value is -13.1. The summed E-state index contributed by atoms with van der Waals surface area (Å²) in [4.78, 5) is 11.4.